The fourth-order valence-corrected chi connectivity index (χ4v) is 2.11. The number of benzene rings is 1. The van der Waals surface area contributed by atoms with Crippen LogP contribution < -0.4 is 5.73 Å². The molecule has 0 spiro atoms. The third-order valence-corrected chi connectivity index (χ3v) is 3.27. The van der Waals surface area contributed by atoms with E-state index in [0.29, 0.717) is 18.8 Å². The first-order valence-corrected chi connectivity index (χ1v) is 6.27. The minimum atomic E-state index is 0.333. The normalized spacial score (nSPS) is 22.7. The van der Waals surface area contributed by atoms with Gasteiger partial charge in [0.2, 0.25) is 0 Å². The van der Waals surface area contributed by atoms with Crippen molar-refractivity contribution in [2.24, 2.45) is 5.73 Å². The second-order valence-corrected chi connectivity index (χ2v) is 4.79. The van der Waals surface area contributed by atoms with Gasteiger partial charge in [0.05, 0.1) is 24.6 Å². The summed E-state index contributed by atoms with van der Waals surface area (Å²) < 4.78 is 7.62. The smallest absolute Gasteiger partial charge is 0.0751 e. The monoisotopic (exact) mass is 243 g/mol. The largest absolute Gasteiger partial charge is 0.373 e. The van der Waals surface area contributed by atoms with Crippen LogP contribution in [0.15, 0.2) is 42.7 Å². The highest BCUT2D eigenvalue weighted by molar-refractivity contribution is 5.30. The molecule has 1 fully saturated rings. The fraction of sp³-hybridized carbons (Fsp3) is 0.357. The predicted molar refractivity (Wildman–Crippen MR) is 69.4 cm³/mol. The molecule has 1 aliphatic carbocycles. The summed E-state index contributed by atoms with van der Waals surface area (Å²) in [4.78, 5) is 0. The Bertz CT molecular complexity index is 503. The van der Waals surface area contributed by atoms with Crippen LogP contribution in [0.3, 0.4) is 0 Å². The van der Waals surface area contributed by atoms with Crippen molar-refractivity contribution in [3.8, 4) is 5.69 Å². The lowest BCUT2D eigenvalue weighted by Gasteiger charge is -2.31. The van der Waals surface area contributed by atoms with E-state index >= 15 is 0 Å². The highest BCUT2D eigenvalue weighted by Gasteiger charge is 2.26. The zero-order chi connectivity index (χ0) is 12.4. The van der Waals surface area contributed by atoms with Crippen molar-refractivity contribution < 1.29 is 4.74 Å². The van der Waals surface area contributed by atoms with Gasteiger partial charge >= 0.3 is 0 Å². The highest BCUT2D eigenvalue weighted by Crippen LogP contribution is 2.22. The Morgan fingerprint density at radius 3 is 2.78 bits per heavy atom. The maximum Gasteiger partial charge on any atom is 0.0751 e. The molecule has 1 aromatic heterocycles. The Balaban J connectivity index is 1.60. The Morgan fingerprint density at radius 1 is 1.28 bits per heavy atom. The Labute approximate surface area is 106 Å². The molecule has 0 unspecified atom stereocenters. The van der Waals surface area contributed by atoms with E-state index in [9.17, 15) is 0 Å². The van der Waals surface area contributed by atoms with Gasteiger partial charge in [-0.05, 0) is 25.0 Å². The molecule has 3 rings (SSSR count). The van der Waals surface area contributed by atoms with Crippen LogP contribution in [-0.2, 0) is 11.3 Å². The summed E-state index contributed by atoms with van der Waals surface area (Å²) in [5, 5.41) is 4.34. The molecule has 0 amide bonds. The third kappa shape index (κ3) is 2.44. The van der Waals surface area contributed by atoms with Crippen LogP contribution in [0.25, 0.3) is 5.69 Å². The fourth-order valence-electron chi connectivity index (χ4n) is 2.11. The average Bonchev–Trinajstić information content (AvgIpc) is 2.83. The average molecular weight is 243 g/mol. The lowest BCUT2D eigenvalue weighted by atomic mass is 9.90. The molecular formula is C14H17N3O. The Hall–Kier alpha value is -1.65. The summed E-state index contributed by atoms with van der Waals surface area (Å²) in [6, 6.07) is 10.4. The number of nitrogens with zero attached hydrogens (tertiary/aromatic N) is 2. The van der Waals surface area contributed by atoms with E-state index in [-0.39, 0.29) is 0 Å². The van der Waals surface area contributed by atoms with E-state index in [1.54, 1.807) is 0 Å². The number of rotatable bonds is 4. The number of aromatic nitrogens is 2. The van der Waals surface area contributed by atoms with Crippen molar-refractivity contribution in [3.63, 3.8) is 0 Å². The van der Waals surface area contributed by atoms with Gasteiger partial charge in [0.1, 0.15) is 0 Å². The van der Waals surface area contributed by atoms with Gasteiger partial charge < -0.3 is 10.5 Å². The standard InChI is InChI=1S/C14H17N3O/c15-12-6-14(7-12)18-10-11-8-16-17(9-11)13-4-2-1-3-5-13/h1-5,8-9,12,14H,6-7,10,15H2. The molecule has 0 aliphatic heterocycles. The molecule has 0 atom stereocenters. The molecule has 2 aromatic rings. The zero-order valence-electron chi connectivity index (χ0n) is 10.2. The van der Waals surface area contributed by atoms with Crippen LogP contribution in [0.1, 0.15) is 18.4 Å². The molecule has 18 heavy (non-hydrogen) atoms. The number of ether oxygens (including phenoxy) is 1. The molecule has 1 aliphatic rings. The molecular weight excluding hydrogens is 226 g/mol. The maximum absolute atomic E-state index is 5.75. The molecule has 0 saturated heterocycles. The second-order valence-electron chi connectivity index (χ2n) is 4.79. The van der Waals surface area contributed by atoms with Gasteiger partial charge in [0.25, 0.3) is 0 Å². The third-order valence-electron chi connectivity index (χ3n) is 3.27. The lowest BCUT2D eigenvalue weighted by Crippen LogP contribution is -2.41. The summed E-state index contributed by atoms with van der Waals surface area (Å²) in [7, 11) is 0. The van der Waals surface area contributed by atoms with Crippen molar-refractivity contribution in [2.45, 2.75) is 31.6 Å². The summed E-state index contributed by atoms with van der Waals surface area (Å²) in [5.41, 5.74) is 7.88. The highest BCUT2D eigenvalue weighted by atomic mass is 16.5. The van der Waals surface area contributed by atoms with Crippen LogP contribution in [0.4, 0.5) is 0 Å². The number of hydrogen-bond donors (Lipinski definition) is 1. The molecule has 2 N–H and O–H groups in total. The quantitative estimate of drug-likeness (QED) is 0.892. The predicted octanol–water partition coefficient (Wildman–Crippen LogP) is 1.88. The number of para-hydroxylation sites is 1. The maximum atomic E-state index is 5.75. The van der Waals surface area contributed by atoms with Crippen LogP contribution in [-0.4, -0.2) is 21.9 Å². The summed E-state index contributed by atoms with van der Waals surface area (Å²) in [6.07, 6.45) is 6.15. The van der Waals surface area contributed by atoms with E-state index in [4.69, 9.17) is 10.5 Å². The molecule has 94 valence electrons. The van der Waals surface area contributed by atoms with Gasteiger partial charge in [0.15, 0.2) is 0 Å². The molecule has 4 heteroatoms. The van der Waals surface area contributed by atoms with Crippen molar-refractivity contribution in [2.75, 3.05) is 0 Å². The Kier molecular flexibility index (Phi) is 3.13. The summed E-state index contributed by atoms with van der Waals surface area (Å²) in [6.45, 7) is 0.615. The summed E-state index contributed by atoms with van der Waals surface area (Å²) in [5.74, 6) is 0. The van der Waals surface area contributed by atoms with Gasteiger partial charge in [-0.3, -0.25) is 0 Å². The van der Waals surface area contributed by atoms with Crippen LogP contribution in [0.2, 0.25) is 0 Å². The Morgan fingerprint density at radius 2 is 2.06 bits per heavy atom. The van der Waals surface area contributed by atoms with Crippen molar-refractivity contribution >= 4 is 0 Å². The van der Waals surface area contributed by atoms with Gasteiger partial charge in [-0.2, -0.15) is 5.10 Å². The van der Waals surface area contributed by atoms with E-state index in [0.717, 1.165) is 24.1 Å². The van der Waals surface area contributed by atoms with Crippen LogP contribution in [0.5, 0.6) is 0 Å². The molecule has 4 nitrogen and oxygen atoms in total. The van der Waals surface area contributed by atoms with Gasteiger partial charge in [-0.25, -0.2) is 4.68 Å². The van der Waals surface area contributed by atoms with E-state index in [1.807, 2.05) is 47.4 Å². The molecule has 0 bridgehead atoms. The molecule has 1 heterocycles. The van der Waals surface area contributed by atoms with Crippen molar-refractivity contribution in [3.05, 3.63) is 48.3 Å². The molecule has 0 radical (unpaired) electrons. The topological polar surface area (TPSA) is 53.1 Å². The van der Waals surface area contributed by atoms with E-state index < -0.39 is 0 Å². The van der Waals surface area contributed by atoms with Crippen LogP contribution >= 0.6 is 0 Å². The number of nitrogens with two attached hydrogens (primary N) is 1. The van der Waals surface area contributed by atoms with E-state index in [2.05, 4.69) is 5.10 Å². The molecule has 1 aromatic carbocycles. The summed E-state index contributed by atoms with van der Waals surface area (Å²) >= 11 is 0. The van der Waals surface area contributed by atoms with Crippen LogP contribution in [0, 0.1) is 0 Å². The first kappa shape index (κ1) is 11.4. The minimum Gasteiger partial charge on any atom is -0.373 e. The van der Waals surface area contributed by atoms with Gasteiger partial charge in [-0.1, -0.05) is 18.2 Å². The van der Waals surface area contributed by atoms with Gasteiger partial charge in [-0.15, -0.1) is 0 Å². The first-order chi connectivity index (χ1) is 8.81. The lowest BCUT2D eigenvalue weighted by molar-refractivity contribution is -0.0188. The SMILES string of the molecule is NC1CC(OCc2cnn(-c3ccccc3)c2)C1. The van der Waals surface area contributed by atoms with Crippen molar-refractivity contribution in [1.29, 1.82) is 0 Å². The number of hydrogen-bond acceptors (Lipinski definition) is 3. The second kappa shape index (κ2) is 4.92. The van der Waals surface area contributed by atoms with E-state index in [1.165, 1.54) is 0 Å². The van der Waals surface area contributed by atoms with Gasteiger partial charge in [0, 0.05) is 17.8 Å². The zero-order valence-corrected chi connectivity index (χ0v) is 10.2. The first-order valence-electron chi connectivity index (χ1n) is 6.27. The minimum absolute atomic E-state index is 0.333. The molecule has 1 saturated carbocycles. The van der Waals surface area contributed by atoms with Crippen molar-refractivity contribution in [1.82, 2.24) is 9.78 Å².